The van der Waals surface area contributed by atoms with Gasteiger partial charge < -0.3 is 10.6 Å². The molecule has 1 aliphatic rings. The molecule has 0 radical (unpaired) electrons. The topological polar surface area (TPSA) is 46.3 Å². The Morgan fingerprint density at radius 2 is 2.24 bits per heavy atom. The Morgan fingerprint density at radius 1 is 1.52 bits per heavy atom. The fraction of sp³-hybridized carbons (Fsp3) is 0.588. The van der Waals surface area contributed by atoms with Gasteiger partial charge in [-0.05, 0) is 35.4 Å². The zero-order valence-corrected chi connectivity index (χ0v) is 13.1. The number of nitrogens with two attached hydrogens (primary N) is 1. The number of amides is 1. The molecule has 1 fully saturated rings. The standard InChI is InChI=1S/C17H25FN2O/c1-12(13-5-4-6-14(18)10-13)9-16(21)20-8-7-15(19)17(2,3)11-20/h4-6,10,12,15H,7-9,11,19H2,1-3H3. The van der Waals surface area contributed by atoms with Crippen molar-refractivity contribution in [2.45, 2.75) is 45.6 Å². The number of piperidine rings is 1. The molecule has 1 aromatic carbocycles. The maximum absolute atomic E-state index is 13.3. The molecule has 1 amide bonds. The van der Waals surface area contributed by atoms with Crippen LogP contribution in [0.1, 0.15) is 45.1 Å². The van der Waals surface area contributed by atoms with Gasteiger partial charge in [0.25, 0.3) is 0 Å². The number of benzene rings is 1. The van der Waals surface area contributed by atoms with Gasteiger partial charge in [0, 0.05) is 25.6 Å². The number of halogens is 1. The van der Waals surface area contributed by atoms with Crippen molar-refractivity contribution in [1.82, 2.24) is 4.90 Å². The van der Waals surface area contributed by atoms with E-state index in [4.69, 9.17) is 5.73 Å². The second kappa shape index (κ2) is 6.14. The fourth-order valence-electron chi connectivity index (χ4n) is 2.91. The summed E-state index contributed by atoms with van der Waals surface area (Å²) in [6.07, 6.45) is 1.25. The van der Waals surface area contributed by atoms with Crippen LogP contribution in [0.5, 0.6) is 0 Å². The van der Waals surface area contributed by atoms with Crippen LogP contribution in [-0.2, 0) is 4.79 Å². The van der Waals surface area contributed by atoms with Crippen molar-refractivity contribution in [3.05, 3.63) is 35.6 Å². The molecule has 0 bridgehead atoms. The molecule has 3 nitrogen and oxygen atoms in total. The Bertz CT molecular complexity index is 515. The number of nitrogens with zero attached hydrogens (tertiary/aromatic N) is 1. The first-order valence-electron chi connectivity index (χ1n) is 7.58. The molecule has 0 aromatic heterocycles. The summed E-state index contributed by atoms with van der Waals surface area (Å²) < 4.78 is 13.3. The minimum absolute atomic E-state index is 0.0203. The predicted molar refractivity (Wildman–Crippen MR) is 82.4 cm³/mol. The summed E-state index contributed by atoms with van der Waals surface area (Å²) in [5.74, 6) is -0.101. The molecule has 2 atom stereocenters. The maximum Gasteiger partial charge on any atom is 0.223 e. The lowest BCUT2D eigenvalue weighted by Gasteiger charge is -2.42. The van der Waals surface area contributed by atoms with Crippen LogP contribution in [0.3, 0.4) is 0 Å². The highest BCUT2D eigenvalue weighted by atomic mass is 19.1. The first kappa shape index (κ1) is 16.0. The predicted octanol–water partition coefficient (Wildman–Crippen LogP) is 2.91. The molecule has 4 heteroatoms. The van der Waals surface area contributed by atoms with Crippen LogP contribution in [-0.4, -0.2) is 29.9 Å². The van der Waals surface area contributed by atoms with E-state index in [9.17, 15) is 9.18 Å². The Labute approximate surface area is 126 Å². The highest BCUT2D eigenvalue weighted by molar-refractivity contribution is 5.77. The van der Waals surface area contributed by atoms with E-state index < -0.39 is 0 Å². The molecule has 0 spiro atoms. The Hall–Kier alpha value is -1.42. The Balaban J connectivity index is 1.98. The number of carbonyl (C=O) groups excluding carboxylic acids is 1. The summed E-state index contributed by atoms with van der Waals surface area (Å²) in [6.45, 7) is 7.59. The van der Waals surface area contributed by atoms with E-state index in [1.54, 1.807) is 6.07 Å². The van der Waals surface area contributed by atoms with Crippen LogP contribution in [0.2, 0.25) is 0 Å². The lowest BCUT2D eigenvalue weighted by Crippen LogP contribution is -2.54. The van der Waals surface area contributed by atoms with E-state index in [0.717, 1.165) is 18.5 Å². The smallest absolute Gasteiger partial charge is 0.223 e. The summed E-state index contributed by atoms with van der Waals surface area (Å²) in [6, 6.07) is 6.63. The minimum atomic E-state index is -0.253. The van der Waals surface area contributed by atoms with Gasteiger partial charge in [-0.1, -0.05) is 32.9 Å². The van der Waals surface area contributed by atoms with Crippen LogP contribution in [0.4, 0.5) is 4.39 Å². The third kappa shape index (κ3) is 3.82. The first-order valence-corrected chi connectivity index (χ1v) is 7.58. The van der Waals surface area contributed by atoms with E-state index >= 15 is 0 Å². The number of likely N-dealkylation sites (tertiary alicyclic amines) is 1. The third-order valence-corrected chi connectivity index (χ3v) is 4.56. The number of hydrogen-bond acceptors (Lipinski definition) is 2. The van der Waals surface area contributed by atoms with Crippen molar-refractivity contribution in [2.75, 3.05) is 13.1 Å². The molecule has 1 aromatic rings. The molecular formula is C17H25FN2O. The molecule has 0 aliphatic carbocycles. The van der Waals surface area contributed by atoms with E-state index in [0.29, 0.717) is 13.0 Å². The van der Waals surface area contributed by atoms with Crippen LogP contribution in [0.25, 0.3) is 0 Å². The zero-order chi connectivity index (χ0) is 15.6. The molecule has 2 rings (SSSR count). The van der Waals surface area contributed by atoms with Gasteiger partial charge in [-0.15, -0.1) is 0 Å². The largest absolute Gasteiger partial charge is 0.342 e. The highest BCUT2D eigenvalue weighted by Gasteiger charge is 2.35. The SMILES string of the molecule is CC(CC(=O)N1CCC(N)C(C)(C)C1)c1cccc(F)c1. The summed E-state index contributed by atoms with van der Waals surface area (Å²) >= 11 is 0. The van der Waals surface area contributed by atoms with Crippen molar-refractivity contribution in [3.63, 3.8) is 0 Å². The van der Waals surface area contributed by atoms with Gasteiger partial charge >= 0.3 is 0 Å². The van der Waals surface area contributed by atoms with Crippen molar-refractivity contribution in [3.8, 4) is 0 Å². The summed E-state index contributed by atoms with van der Waals surface area (Å²) in [5, 5.41) is 0. The molecule has 1 saturated heterocycles. The van der Waals surface area contributed by atoms with Gasteiger partial charge in [-0.25, -0.2) is 4.39 Å². The Kier molecular flexibility index (Phi) is 4.67. The third-order valence-electron chi connectivity index (χ3n) is 4.56. The molecule has 1 heterocycles. The fourth-order valence-corrected chi connectivity index (χ4v) is 2.91. The van der Waals surface area contributed by atoms with Crippen LogP contribution in [0.15, 0.2) is 24.3 Å². The number of carbonyl (C=O) groups is 1. The van der Waals surface area contributed by atoms with Gasteiger partial charge in [-0.2, -0.15) is 0 Å². The molecule has 2 unspecified atom stereocenters. The second-order valence-corrected chi connectivity index (χ2v) is 6.86. The van der Waals surface area contributed by atoms with Gasteiger partial charge in [0.05, 0.1) is 0 Å². The zero-order valence-electron chi connectivity index (χ0n) is 13.1. The van der Waals surface area contributed by atoms with Crippen molar-refractivity contribution >= 4 is 5.91 Å². The van der Waals surface area contributed by atoms with Crippen molar-refractivity contribution in [1.29, 1.82) is 0 Å². The Morgan fingerprint density at radius 3 is 2.86 bits per heavy atom. The summed E-state index contributed by atoms with van der Waals surface area (Å²) in [4.78, 5) is 14.4. The van der Waals surface area contributed by atoms with Crippen molar-refractivity contribution < 1.29 is 9.18 Å². The number of rotatable bonds is 3. The summed E-state index contributed by atoms with van der Waals surface area (Å²) in [5.41, 5.74) is 6.93. The van der Waals surface area contributed by atoms with E-state index in [1.165, 1.54) is 12.1 Å². The van der Waals surface area contributed by atoms with Gasteiger partial charge in [0.15, 0.2) is 0 Å². The molecule has 116 valence electrons. The van der Waals surface area contributed by atoms with E-state index in [1.807, 2.05) is 17.9 Å². The minimum Gasteiger partial charge on any atom is -0.342 e. The average Bonchev–Trinajstić information content (AvgIpc) is 2.41. The normalized spacial score (nSPS) is 22.9. The van der Waals surface area contributed by atoms with E-state index in [2.05, 4.69) is 13.8 Å². The van der Waals surface area contributed by atoms with Crippen molar-refractivity contribution in [2.24, 2.45) is 11.1 Å². The monoisotopic (exact) mass is 292 g/mol. The van der Waals surface area contributed by atoms with Gasteiger partial charge in [0.1, 0.15) is 5.82 Å². The van der Waals surface area contributed by atoms with Gasteiger partial charge in [0.2, 0.25) is 5.91 Å². The second-order valence-electron chi connectivity index (χ2n) is 6.86. The van der Waals surface area contributed by atoms with Crippen LogP contribution >= 0.6 is 0 Å². The van der Waals surface area contributed by atoms with Crippen LogP contribution in [0, 0.1) is 11.2 Å². The molecule has 21 heavy (non-hydrogen) atoms. The average molecular weight is 292 g/mol. The van der Waals surface area contributed by atoms with E-state index in [-0.39, 0.29) is 29.1 Å². The highest BCUT2D eigenvalue weighted by Crippen LogP contribution is 2.29. The van der Waals surface area contributed by atoms with Gasteiger partial charge in [-0.3, -0.25) is 4.79 Å². The van der Waals surface area contributed by atoms with Crippen LogP contribution < -0.4 is 5.73 Å². The molecule has 2 N–H and O–H groups in total. The maximum atomic E-state index is 13.3. The number of hydrogen-bond donors (Lipinski definition) is 1. The lowest BCUT2D eigenvalue weighted by atomic mass is 9.79. The first-order chi connectivity index (χ1) is 9.79. The summed E-state index contributed by atoms with van der Waals surface area (Å²) in [7, 11) is 0. The molecule has 0 saturated carbocycles. The molecule has 1 aliphatic heterocycles. The molecular weight excluding hydrogens is 267 g/mol. The quantitative estimate of drug-likeness (QED) is 0.931. The lowest BCUT2D eigenvalue weighted by molar-refractivity contribution is -0.135.